The van der Waals surface area contributed by atoms with E-state index in [-0.39, 0.29) is 18.0 Å². The zero-order valence-corrected chi connectivity index (χ0v) is 11.8. The van der Waals surface area contributed by atoms with E-state index in [2.05, 4.69) is 33.3 Å². The molecule has 1 aliphatic heterocycles. The summed E-state index contributed by atoms with van der Waals surface area (Å²) in [5.74, 6) is 0.518. The Morgan fingerprint density at radius 2 is 2.05 bits per heavy atom. The number of pyridine rings is 1. The lowest BCUT2D eigenvalue weighted by Crippen LogP contribution is -2.39. The predicted molar refractivity (Wildman–Crippen MR) is 81.5 cm³/mol. The zero-order chi connectivity index (χ0) is 14.7. The van der Waals surface area contributed by atoms with E-state index >= 15 is 0 Å². The van der Waals surface area contributed by atoms with Gasteiger partial charge in [-0.25, -0.2) is 15.8 Å². The Morgan fingerprint density at radius 1 is 1.24 bits per heavy atom. The first-order chi connectivity index (χ1) is 10.2. The van der Waals surface area contributed by atoms with Crippen LogP contribution in [0.5, 0.6) is 0 Å². The van der Waals surface area contributed by atoms with Gasteiger partial charge < -0.3 is 5.32 Å². The van der Waals surface area contributed by atoms with Gasteiger partial charge in [0.1, 0.15) is 11.9 Å². The first-order valence-electron chi connectivity index (χ1n) is 7.02. The molecule has 2 atom stereocenters. The Hall–Kier alpha value is -2.24. The molecule has 3 N–H and O–H groups in total. The number of hydrogen-bond donors (Lipinski definition) is 3. The molecule has 0 saturated carbocycles. The number of rotatable bonds is 3. The van der Waals surface area contributed by atoms with E-state index < -0.39 is 0 Å². The van der Waals surface area contributed by atoms with Gasteiger partial charge in [0, 0.05) is 12.2 Å². The average molecular weight is 282 g/mol. The van der Waals surface area contributed by atoms with Gasteiger partial charge in [0.25, 0.3) is 0 Å². The summed E-state index contributed by atoms with van der Waals surface area (Å²) in [7, 11) is 0. The highest BCUT2D eigenvalue weighted by Crippen LogP contribution is 2.22. The molecule has 1 aromatic heterocycles. The van der Waals surface area contributed by atoms with Gasteiger partial charge in [-0.2, -0.15) is 0 Å². The maximum Gasteiger partial charge on any atom is 0.244 e. The molecule has 1 aromatic carbocycles. The highest BCUT2D eigenvalue weighted by molar-refractivity contribution is 5.94. The minimum Gasteiger partial charge on any atom is -0.309 e. The van der Waals surface area contributed by atoms with Crippen LogP contribution >= 0.6 is 0 Å². The maximum atomic E-state index is 12.2. The van der Waals surface area contributed by atoms with Gasteiger partial charge in [-0.05, 0) is 36.6 Å². The monoisotopic (exact) mass is 282 g/mol. The number of nitrogens with zero attached hydrogens (tertiary/aromatic N) is 1. The number of amides is 1. The third-order valence-corrected chi connectivity index (χ3v) is 3.59. The quantitative estimate of drug-likeness (QED) is 0.805. The van der Waals surface area contributed by atoms with Gasteiger partial charge in [-0.3, -0.25) is 4.79 Å². The fourth-order valence-electron chi connectivity index (χ4n) is 2.45. The zero-order valence-electron chi connectivity index (χ0n) is 11.8. The Labute approximate surface area is 123 Å². The van der Waals surface area contributed by atoms with Crippen molar-refractivity contribution in [2.75, 3.05) is 5.32 Å². The number of hydrazine groups is 1. The topological polar surface area (TPSA) is 66.0 Å². The Kier molecular flexibility index (Phi) is 3.94. The van der Waals surface area contributed by atoms with Crippen molar-refractivity contribution in [1.82, 2.24) is 15.8 Å². The molecule has 0 bridgehead atoms. The van der Waals surface area contributed by atoms with Crippen molar-refractivity contribution in [2.24, 2.45) is 0 Å². The lowest BCUT2D eigenvalue weighted by Gasteiger charge is -2.10. The highest BCUT2D eigenvalue weighted by Gasteiger charge is 2.30. The third kappa shape index (κ3) is 3.26. The molecule has 0 aliphatic carbocycles. The molecule has 1 amide bonds. The van der Waals surface area contributed by atoms with Crippen LogP contribution < -0.4 is 16.2 Å². The molecule has 1 fully saturated rings. The van der Waals surface area contributed by atoms with Crippen molar-refractivity contribution >= 4 is 11.7 Å². The molecule has 1 aliphatic rings. The van der Waals surface area contributed by atoms with Crippen LogP contribution in [0.1, 0.15) is 23.6 Å². The predicted octanol–water partition coefficient (Wildman–Crippen LogP) is 1.94. The van der Waals surface area contributed by atoms with E-state index in [0.29, 0.717) is 12.2 Å². The van der Waals surface area contributed by atoms with E-state index in [1.807, 2.05) is 37.3 Å². The first-order valence-corrected chi connectivity index (χ1v) is 7.02. The van der Waals surface area contributed by atoms with Gasteiger partial charge in [-0.15, -0.1) is 0 Å². The minimum absolute atomic E-state index is 0.0703. The smallest absolute Gasteiger partial charge is 0.244 e. The summed E-state index contributed by atoms with van der Waals surface area (Å²) in [4.78, 5) is 16.4. The Balaban J connectivity index is 1.62. The van der Waals surface area contributed by atoms with Gasteiger partial charge in [0.05, 0.1) is 0 Å². The van der Waals surface area contributed by atoms with Crippen molar-refractivity contribution in [3.05, 3.63) is 59.8 Å². The maximum absolute atomic E-state index is 12.2. The van der Waals surface area contributed by atoms with E-state index in [0.717, 1.165) is 5.56 Å². The lowest BCUT2D eigenvalue weighted by molar-refractivity contribution is -0.117. The van der Waals surface area contributed by atoms with Crippen LogP contribution in [0.2, 0.25) is 0 Å². The average Bonchev–Trinajstić information content (AvgIpc) is 2.98. The van der Waals surface area contributed by atoms with E-state index in [4.69, 9.17) is 0 Å². The summed E-state index contributed by atoms with van der Waals surface area (Å²) in [6.45, 7) is 1.97. The van der Waals surface area contributed by atoms with Crippen molar-refractivity contribution in [1.29, 1.82) is 0 Å². The number of anilines is 1. The summed E-state index contributed by atoms with van der Waals surface area (Å²) in [6.07, 6.45) is 2.40. The van der Waals surface area contributed by atoms with E-state index in [1.165, 1.54) is 5.56 Å². The molecule has 21 heavy (non-hydrogen) atoms. The van der Waals surface area contributed by atoms with E-state index in [9.17, 15) is 4.79 Å². The minimum atomic E-state index is -0.266. The second kappa shape index (κ2) is 6.03. The first kappa shape index (κ1) is 13.7. The van der Waals surface area contributed by atoms with Crippen molar-refractivity contribution in [3.63, 3.8) is 0 Å². The summed E-state index contributed by atoms with van der Waals surface area (Å²) in [6, 6.07) is 13.7. The Morgan fingerprint density at radius 3 is 2.81 bits per heavy atom. The molecule has 5 heteroatoms. The fourth-order valence-corrected chi connectivity index (χ4v) is 2.45. The second-order valence-electron chi connectivity index (χ2n) is 5.25. The number of benzene rings is 1. The molecular weight excluding hydrogens is 264 g/mol. The second-order valence-corrected chi connectivity index (χ2v) is 5.25. The van der Waals surface area contributed by atoms with Gasteiger partial charge in [-0.1, -0.05) is 30.3 Å². The third-order valence-electron chi connectivity index (χ3n) is 3.59. The van der Waals surface area contributed by atoms with Gasteiger partial charge in [0.15, 0.2) is 0 Å². The number of nitrogens with one attached hydrogen (secondary N) is 3. The van der Waals surface area contributed by atoms with Crippen LogP contribution in [-0.2, 0) is 4.79 Å². The molecule has 3 rings (SSSR count). The van der Waals surface area contributed by atoms with Crippen LogP contribution in [0.3, 0.4) is 0 Å². The van der Waals surface area contributed by atoms with E-state index in [1.54, 1.807) is 6.20 Å². The van der Waals surface area contributed by atoms with Crippen LogP contribution in [0.25, 0.3) is 0 Å². The molecule has 0 radical (unpaired) electrons. The number of aromatic nitrogens is 1. The van der Waals surface area contributed by atoms with Crippen LogP contribution in [0, 0.1) is 6.92 Å². The summed E-state index contributed by atoms with van der Waals surface area (Å²) < 4.78 is 0. The molecule has 2 aromatic rings. The highest BCUT2D eigenvalue weighted by atomic mass is 16.2. The normalized spacial score (nSPS) is 21.2. The molecule has 1 saturated heterocycles. The van der Waals surface area contributed by atoms with Crippen molar-refractivity contribution in [3.8, 4) is 0 Å². The van der Waals surface area contributed by atoms with Crippen LogP contribution in [-0.4, -0.2) is 16.9 Å². The van der Waals surface area contributed by atoms with Crippen LogP contribution in [0.15, 0.2) is 48.7 Å². The molecule has 0 spiro atoms. The number of carbonyl (C=O) groups excluding carboxylic acids is 1. The fraction of sp³-hybridized carbons (Fsp3) is 0.250. The van der Waals surface area contributed by atoms with Crippen LogP contribution in [0.4, 0.5) is 5.82 Å². The number of hydrogen-bond acceptors (Lipinski definition) is 4. The lowest BCUT2D eigenvalue weighted by atomic mass is 10.0. The largest absolute Gasteiger partial charge is 0.309 e. The van der Waals surface area contributed by atoms with Crippen molar-refractivity contribution < 1.29 is 4.79 Å². The molecule has 108 valence electrons. The van der Waals surface area contributed by atoms with Crippen molar-refractivity contribution in [2.45, 2.75) is 25.4 Å². The molecular formula is C16H18N4O. The van der Waals surface area contributed by atoms with Gasteiger partial charge >= 0.3 is 0 Å². The summed E-state index contributed by atoms with van der Waals surface area (Å²) in [5.41, 5.74) is 8.46. The van der Waals surface area contributed by atoms with Gasteiger partial charge in [0.2, 0.25) is 5.91 Å². The Bertz CT molecular complexity index is 629. The standard InChI is InChI=1S/C16H18N4O/c1-11-7-8-17-15(9-11)18-16(21)14-10-13(19-20-14)12-5-3-2-4-6-12/h2-9,13-14,19-20H,10H2,1H3,(H,17,18,21). The molecule has 5 nitrogen and oxygen atoms in total. The number of aryl methyl sites for hydroxylation is 1. The number of carbonyl (C=O) groups is 1. The molecule has 2 heterocycles. The summed E-state index contributed by atoms with van der Waals surface area (Å²) >= 11 is 0. The summed E-state index contributed by atoms with van der Waals surface area (Å²) in [5, 5.41) is 2.84. The SMILES string of the molecule is Cc1ccnc(NC(=O)C2CC(c3ccccc3)NN2)c1. The molecule has 2 unspecified atom stereocenters.